The SMILES string of the molecule is N#CC(=Cc1ccc(-c2nc3ccccc3s2)o1)C(=O)Nc1cccc(C(F)(F)F)c1. The number of alkyl halides is 3. The summed E-state index contributed by atoms with van der Waals surface area (Å²) in [5, 5.41) is 12.3. The lowest BCUT2D eigenvalue weighted by molar-refractivity contribution is -0.137. The molecule has 0 aliphatic heterocycles. The number of rotatable bonds is 4. The van der Waals surface area contributed by atoms with Crippen LogP contribution in [0.15, 0.2) is 70.7 Å². The number of hydrogen-bond acceptors (Lipinski definition) is 5. The van der Waals surface area contributed by atoms with E-state index in [1.54, 1.807) is 18.2 Å². The number of carbonyl (C=O) groups is 1. The molecule has 1 N–H and O–H groups in total. The molecular formula is C22H12F3N3O2S. The third kappa shape index (κ3) is 4.49. The van der Waals surface area contributed by atoms with Gasteiger partial charge in [0.1, 0.15) is 17.4 Å². The van der Waals surface area contributed by atoms with Gasteiger partial charge in [-0.1, -0.05) is 18.2 Å². The molecule has 0 spiro atoms. The van der Waals surface area contributed by atoms with E-state index in [1.165, 1.54) is 29.5 Å². The van der Waals surface area contributed by atoms with Crippen LogP contribution in [0.2, 0.25) is 0 Å². The highest BCUT2D eigenvalue weighted by atomic mass is 32.1. The predicted molar refractivity (Wildman–Crippen MR) is 111 cm³/mol. The first-order valence-corrected chi connectivity index (χ1v) is 9.71. The minimum Gasteiger partial charge on any atom is -0.454 e. The smallest absolute Gasteiger partial charge is 0.416 e. The Labute approximate surface area is 178 Å². The standard InChI is InChI=1S/C22H12F3N3O2S/c23-22(24,25)14-4-3-5-15(11-14)27-20(29)13(12-26)10-16-8-9-18(30-16)21-28-17-6-1-2-7-19(17)31-21/h1-11H,(H,27,29). The number of hydrogen-bond donors (Lipinski definition) is 1. The fraction of sp³-hybridized carbons (Fsp3) is 0.0455. The van der Waals surface area contributed by atoms with Crippen LogP contribution in [-0.2, 0) is 11.0 Å². The van der Waals surface area contributed by atoms with Gasteiger partial charge < -0.3 is 9.73 Å². The van der Waals surface area contributed by atoms with Crippen molar-refractivity contribution in [3.05, 3.63) is 77.6 Å². The highest BCUT2D eigenvalue weighted by Gasteiger charge is 2.30. The Hall–Kier alpha value is -3.90. The predicted octanol–water partition coefficient (Wildman–Crippen LogP) is 6.12. The lowest BCUT2D eigenvalue weighted by atomic mass is 10.1. The summed E-state index contributed by atoms with van der Waals surface area (Å²) >= 11 is 1.44. The summed E-state index contributed by atoms with van der Waals surface area (Å²) in [4.78, 5) is 16.9. The average Bonchev–Trinajstić information content (AvgIpc) is 3.38. The Bertz CT molecular complexity index is 1310. The van der Waals surface area contributed by atoms with Crippen molar-refractivity contribution in [3.63, 3.8) is 0 Å². The number of halogens is 3. The fourth-order valence-electron chi connectivity index (χ4n) is 2.79. The van der Waals surface area contributed by atoms with Crippen molar-refractivity contribution in [2.75, 3.05) is 5.32 Å². The molecule has 2 aromatic carbocycles. The number of benzene rings is 2. The number of aromatic nitrogens is 1. The van der Waals surface area contributed by atoms with Crippen molar-refractivity contribution < 1.29 is 22.4 Å². The molecule has 0 aliphatic rings. The molecule has 154 valence electrons. The van der Waals surface area contributed by atoms with Gasteiger partial charge in [-0.15, -0.1) is 11.3 Å². The number of furan rings is 1. The first-order chi connectivity index (χ1) is 14.8. The van der Waals surface area contributed by atoms with Crippen LogP contribution < -0.4 is 5.32 Å². The van der Waals surface area contributed by atoms with Crippen molar-refractivity contribution >= 4 is 39.2 Å². The Kier molecular flexibility index (Phi) is 5.31. The van der Waals surface area contributed by atoms with Gasteiger partial charge in [-0.25, -0.2) is 4.98 Å². The average molecular weight is 439 g/mol. The van der Waals surface area contributed by atoms with Gasteiger partial charge in [-0.3, -0.25) is 4.79 Å². The van der Waals surface area contributed by atoms with Gasteiger partial charge in [0.15, 0.2) is 10.8 Å². The van der Waals surface area contributed by atoms with Crippen molar-refractivity contribution in [2.24, 2.45) is 0 Å². The first-order valence-electron chi connectivity index (χ1n) is 8.90. The maximum atomic E-state index is 12.8. The molecule has 2 aromatic heterocycles. The summed E-state index contributed by atoms with van der Waals surface area (Å²) in [5.41, 5.74) is -0.466. The number of para-hydroxylation sites is 1. The molecule has 31 heavy (non-hydrogen) atoms. The molecule has 0 fully saturated rings. The minimum absolute atomic E-state index is 0.0735. The minimum atomic E-state index is -4.54. The van der Waals surface area contributed by atoms with Crippen LogP contribution in [-0.4, -0.2) is 10.9 Å². The van der Waals surface area contributed by atoms with E-state index in [2.05, 4.69) is 10.3 Å². The number of anilines is 1. The van der Waals surface area contributed by atoms with Gasteiger partial charge in [0.25, 0.3) is 5.91 Å². The lowest BCUT2D eigenvalue weighted by Crippen LogP contribution is -2.14. The van der Waals surface area contributed by atoms with Crippen molar-refractivity contribution in [1.29, 1.82) is 5.26 Å². The molecule has 0 aliphatic carbocycles. The number of fused-ring (bicyclic) bond motifs is 1. The number of nitrogens with one attached hydrogen (secondary N) is 1. The lowest BCUT2D eigenvalue weighted by Gasteiger charge is -2.09. The normalized spacial score (nSPS) is 12.0. The van der Waals surface area contributed by atoms with Crippen molar-refractivity contribution in [2.45, 2.75) is 6.18 Å². The molecule has 4 rings (SSSR count). The molecule has 5 nitrogen and oxygen atoms in total. The number of amides is 1. The Balaban J connectivity index is 1.55. The number of thiazole rings is 1. The van der Waals surface area contributed by atoms with Crippen LogP contribution in [0.25, 0.3) is 27.1 Å². The summed E-state index contributed by atoms with van der Waals surface area (Å²) < 4.78 is 45.2. The van der Waals surface area contributed by atoms with Crippen LogP contribution >= 0.6 is 11.3 Å². The van der Waals surface area contributed by atoms with Gasteiger partial charge in [0, 0.05) is 11.8 Å². The maximum absolute atomic E-state index is 12.8. The van der Waals surface area contributed by atoms with Gasteiger partial charge in [0.05, 0.1) is 15.8 Å². The third-order valence-electron chi connectivity index (χ3n) is 4.23. The van der Waals surface area contributed by atoms with Crippen molar-refractivity contribution in [1.82, 2.24) is 4.98 Å². The Morgan fingerprint density at radius 3 is 2.68 bits per heavy atom. The van der Waals surface area contributed by atoms with E-state index in [-0.39, 0.29) is 17.0 Å². The quantitative estimate of drug-likeness (QED) is 0.307. The molecule has 0 bridgehead atoms. The summed E-state index contributed by atoms with van der Waals surface area (Å²) in [6.45, 7) is 0. The zero-order chi connectivity index (χ0) is 22.0. The molecule has 9 heteroatoms. The molecule has 0 radical (unpaired) electrons. The number of nitriles is 1. The molecule has 2 heterocycles. The van der Waals surface area contributed by atoms with Gasteiger partial charge in [0.2, 0.25) is 0 Å². The summed E-state index contributed by atoms with van der Waals surface area (Å²) in [6.07, 6.45) is -3.32. The van der Waals surface area contributed by atoms with E-state index in [4.69, 9.17) is 4.42 Å². The maximum Gasteiger partial charge on any atom is 0.416 e. The van der Waals surface area contributed by atoms with Crippen LogP contribution in [0.1, 0.15) is 11.3 Å². The number of nitrogens with zero attached hydrogens (tertiary/aromatic N) is 2. The van der Waals surface area contributed by atoms with E-state index < -0.39 is 17.6 Å². The largest absolute Gasteiger partial charge is 0.454 e. The molecule has 0 atom stereocenters. The van der Waals surface area contributed by atoms with Crippen LogP contribution in [0.5, 0.6) is 0 Å². The Morgan fingerprint density at radius 1 is 1.13 bits per heavy atom. The van der Waals surface area contributed by atoms with Crippen LogP contribution in [0.3, 0.4) is 0 Å². The topological polar surface area (TPSA) is 78.9 Å². The molecule has 1 amide bonds. The van der Waals surface area contributed by atoms with E-state index >= 15 is 0 Å². The molecule has 0 saturated carbocycles. The van der Waals surface area contributed by atoms with Gasteiger partial charge in [-0.05, 0) is 42.5 Å². The summed E-state index contributed by atoms with van der Waals surface area (Å²) in [7, 11) is 0. The highest BCUT2D eigenvalue weighted by molar-refractivity contribution is 7.21. The van der Waals surface area contributed by atoms with E-state index in [0.717, 1.165) is 22.3 Å². The van der Waals surface area contributed by atoms with E-state index in [1.807, 2.05) is 24.3 Å². The van der Waals surface area contributed by atoms with Crippen LogP contribution in [0, 0.1) is 11.3 Å². The monoisotopic (exact) mass is 439 g/mol. The second-order valence-corrected chi connectivity index (χ2v) is 7.42. The fourth-order valence-corrected chi connectivity index (χ4v) is 3.71. The first kappa shape index (κ1) is 20.4. The van der Waals surface area contributed by atoms with E-state index in [9.17, 15) is 23.2 Å². The number of carbonyl (C=O) groups excluding carboxylic acids is 1. The Morgan fingerprint density at radius 2 is 1.94 bits per heavy atom. The highest BCUT2D eigenvalue weighted by Crippen LogP contribution is 2.32. The molecule has 0 saturated heterocycles. The van der Waals surface area contributed by atoms with Crippen LogP contribution in [0.4, 0.5) is 18.9 Å². The molecule has 4 aromatic rings. The molecule has 0 unspecified atom stereocenters. The zero-order valence-electron chi connectivity index (χ0n) is 15.6. The second kappa shape index (κ2) is 8.08. The summed E-state index contributed by atoms with van der Waals surface area (Å²) in [5.74, 6) is -0.132. The second-order valence-electron chi connectivity index (χ2n) is 6.39. The zero-order valence-corrected chi connectivity index (χ0v) is 16.4. The van der Waals surface area contributed by atoms with Crippen molar-refractivity contribution in [3.8, 4) is 16.8 Å². The third-order valence-corrected chi connectivity index (χ3v) is 5.28. The van der Waals surface area contributed by atoms with Gasteiger partial charge in [-0.2, -0.15) is 18.4 Å². The molecular weight excluding hydrogens is 427 g/mol. The summed E-state index contributed by atoms with van der Waals surface area (Å²) in [6, 6.07) is 16.8. The van der Waals surface area contributed by atoms with Gasteiger partial charge >= 0.3 is 6.18 Å². The van der Waals surface area contributed by atoms with E-state index in [0.29, 0.717) is 10.8 Å².